The van der Waals surface area contributed by atoms with Crippen LogP contribution in [-0.4, -0.2) is 17.3 Å². The molecule has 46 valence electrons. The van der Waals surface area contributed by atoms with Gasteiger partial charge in [0.2, 0.25) is 17.3 Å². The molecule has 0 saturated heterocycles. The first-order valence-corrected chi connectivity index (χ1v) is 7.54. The molecule has 0 aromatic carbocycles. The maximum absolute atomic E-state index is 9.64. The van der Waals surface area contributed by atoms with Crippen molar-refractivity contribution in [2.24, 2.45) is 0 Å². The van der Waals surface area contributed by atoms with Crippen LogP contribution in [0.15, 0.2) is 0 Å². The predicted octanol–water partition coefficient (Wildman–Crippen LogP) is 1.40. The molecule has 0 fully saturated rings. The van der Waals surface area contributed by atoms with Crippen LogP contribution in [0.2, 0.25) is 13.1 Å². The van der Waals surface area contributed by atoms with Crippen molar-refractivity contribution in [3.63, 3.8) is 0 Å². The highest BCUT2D eigenvalue weighted by Gasteiger charge is 2.08. The second kappa shape index (κ2) is 5.09. The number of rotatable bonds is 0. The molecule has 0 heterocycles. The van der Waals surface area contributed by atoms with E-state index in [4.69, 9.17) is 22.2 Å². The zero-order chi connectivity index (χ0) is 6.50. The lowest BCUT2D eigenvalue weighted by molar-refractivity contribution is 0.902. The van der Waals surface area contributed by atoms with Crippen LogP contribution in [0.4, 0.5) is 4.11 Å². The van der Waals surface area contributed by atoms with E-state index in [2.05, 4.69) is 0 Å². The van der Waals surface area contributed by atoms with E-state index in [1.165, 1.54) is 0 Å². The van der Waals surface area contributed by atoms with E-state index < -0.39 is 6.69 Å². The van der Waals surface area contributed by atoms with Crippen LogP contribution in [0.5, 0.6) is 0 Å². The monoisotopic (exact) mass is 178 g/mol. The van der Waals surface area contributed by atoms with E-state index in [9.17, 15) is 4.11 Å². The Kier molecular flexibility index (Phi) is 7.88. The van der Waals surface area contributed by atoms with Gasteiger partial charge in [-0.1, -0.05) is 0 Å². The van der Waals surface area contributed by atoms with Gasteiger partial charge in [0.1, 0.15) is 0 Å². The third-order valence-electron chi connectivity index (χ3n) is 0. The molecule has 0 unspecified atom stereocenters. The highest BCUT2D eigenvalue weighted by Crippen LogP contribution is 2.10. The van der Waals surface area contributed by atoms with Crippen LogP contribution in [0, 0.1) is 0 Å². The zero-order valence-electron chi connectivity index (χ0n) is 4.63. The quantitative estimate of drug-likeness (QED) is 0.389. The Morgan fingerprint density at radius 2 is 1.29 bits per heavy atom. The van der Waals surface area contributed by atoms with Crippen molar-refractivity contribution >= 4 is 39.4 Å². The summed E-state index contributed by atoms with van der Waals surface area (Å²) in [6, 6.07) is 0. The topological polar surface area (TPSA) is 0 Å². The Morgan fingerprint density at radius 1 is 1.29 bits per heavy atom. The summed E-state index contributed by atoms with van der Waals surface area (Å²) >= 11 is 10.9. The summed E-state index contributed by atoms with van der Waals surface area (Å²) in [5, 5.41) is 0. The van der Waals surface area contributed by atoms with Crippen molar-refractivity contribution in [2.75, 3.05) is 0 Å². The summed E-state index contributed by atoms with van der Waals surface area (Å²) in [4.78, 5) is 0. The van der Waals surface area contributed by atoms with Crippen LogP contribution in [-0.2, 0) is 0 Å². The van der Waals surface area contributed by atoms with Gasteiger partial charge in [-0.2, -0.15) is 0 Å². The second-order valence-electron chi connectivity index (χ2n) is 1.33. The Bertz CT molecular complexity index is 29.2. The molecule has 0 nitrogen and oxygen atoms in total. The number of halogens is 3. The lowest BCUT2D eigenvalue weighted by atomic mass is 11.9. The van der Waals surface area contributed by atoms with Crippen molar-refractivity contribution in [3.05, 3.63) is 0 Å². The highest BCUT2D eigenvalue weighted by atomic mass is 35.7. The van der Waals surface area contributed by atoms with Gasteiger partial charge >= 0.3 is 0 Å². The average molecular weight is 179 g/mol. The van der Waals surface area contributed by atoms with Crippen LogP contribution in [0.3, 0.4) is 0 Å². The van der Waals surface area contributed by atoms with E-state index in [1.54, 1.807) is 0 Å². The number of hydrogen-bond acceptors (Lipinski definition) is 0. The third-order valence-corrected chi connectivity index (χ3v) is 0. The maximum atomic E-state index is 9.64. The first-order valence-electron chi connectivity index (χ1n) is 1.76. The fourth-order valence-electron chi connectivity index (χ4n) is 0. The predicted molar refractivity (Wildman–Crippen MR) is 40.2 cm³/mol. The van der Waals surface area contributed by atoms with Gasteiger partial charge in [0, 0.05) is 0 Å². The molecule has 0 spiro atoms. The summed E-state index contributed by atoms with van der Waals surface area (Å²) < 4.78 is 9.64. The van der Waals surface area contributed by atoms with Gasteiger partial charge in [-0.15, -0.1) is 22.2 Å². The summed E-state index contributed by atoms with van der Waals surface area (Å²) in [5.74, 6) is 0. The molecule has 0 aromatic rings. The van der Waals surface area contributed by atoms with E-state index >= 15 is 0 Å². The first kappa shape index (κ1) is 10.8. The summed E-state index contributed by atoms with van der Waals surface area (Å²) in [5.41, 5.74) is 0. The van der Waals surface area contributed by atoms with Crippen molar-refractivity contribution in [3.8, 4) is 0 Å². The Labute approximate surface area is 57.0 Å². The van der Waals surface area contributed by atoms with E-state index in [1.807, 2.05) is 13.1 Å². The van der Waals surface area contributed by atoms with Crippen molar-refractivity contribution in [1.82, 2.24) is 0 Å². The van der Waals surface area contributed by atoms with Crippen LogP contribution in [0.1, 0.15) is 0 Å². The number of hydrogen-bond donors (Lipinski definition) is 0. The molecule has 0 saturated carbocycles. The SMILES string of the molecule is C[Si](C)(Cl)Cl.F[SiH3]. The highest BCUT2D eigenvalue weighted by molar-refractivity contribution is 7.44. The van der Waals surface area contributed by atoms with Gasteiger partial charge in [-0.3, -0.25) is 0 Å². The molecule has 0 N–H and O–H groups in total. The lowest BCUT2D eigenvalue weighted by Gasteiger charge is -1.93. The van der Waals surface area contributed by atoms with Gasteiger partial charge in [0.25, 0.3) is 0 Å². The zero-order valence-corrected chi connectivity index (χ0v) is 9.15. The molecule has 0 bridgehead atoms. The van der Waals surface area contributed by atoms with E-state index in [-0.39, 0.29) is 10.6 Å². The molecule has 0 aliphatic rings. The third kappa shape index (κ3) is 191. The average Bonchev–Trinajstić information content (AvgIpc) is 1.36. The fraction of sp³-hybridized carbons (Fsp3) is 1.00. The fourth-order valence-corrected chi connectivity index (χ4v) is 0. The molecule has 7 heavy (non-hydrogen) atoms. The minimum Gasteiger partial charge on any atom is -0.327 e. The summed E-state index contributed by atoms with van der Waals surface area (Å²) in [6.07, 6.45) is 0. The second-order valence-corrected chi connectivity index (χ2v) is 10.2. The molecular weight excluding hydrogens is 170 g/mol. The maximum Gasteiger partial charge on any atom is 0.245 e. The van der Waals surface area contributed by atoms with Gasteiger partial charge in [0.05, 0.1) is 0 Å². The van der Waals surface area contributed by atoms with Crippen molar-refractivity contribution in [2.45, 2.75) is 13.1 Å². The van der Waals surface area contributed by atoms with Gasteiger partial charge in [-0.25, -0.2) is 0 Å². The molecule has 0 aliphatic heterocycles. The normalized spacial score (nSPS) is 9.86. The minimum atomic E-state index is -1.67. The van der Waals surface area contributed by atoms with Gasteiger partial charge < -0.3 is 4.11 Å². The van der Waals surface area contributed by atoms with Crippen molar-refractivity contribution < 1.29 is 4.11 Å². The Hall–Kier alpha value is 0.944. The van der Waals surface area contributed by atoms with Crippen LogP contribution < -0.4 is 0 Å². The Morgan fingerprint density at radius 3 is 1.29 bits per heavy atom. The molecule has 0 amide bonds. The smallest absolute Gasteiger partial charge is 0.245 e. The van der Waals surface area contributed by atoms with E-state index in [0.717, 1.165) is 0 Å². The molecule has 0 aromatic heterocycles. The molecule has 0 rings (SSSR count). The molecular formula is C2H9Cl2FSi2. The molecule has 0 radical (unpaired) electrons. The molecule has 0 atom stereocenters. The van der Waals surface area contributed by atoms with Gasteiger partial charge in [0.15, 0.2) is 0 Å². The van der Waals surface area contributed by atoms with Gasteiger partial charge in [-0.05, 0) is 13.1 Å². The standard InChI is InChI=1S/C2H6Cl2Si.FH3Si/c1-5(2,3)4;1-2/h1-2H3;2H3. The molecule has 0 aliphatic carbocycles. The van der Waals surface area contributed by atoms with Crippen molar-refractivity contribution in [1.29, 1.82) is 0 Å². The minimum absolute atomic E-state index is 0.194. The summed E-state index contributed by atoms with van der Waals surface area (Å²) in [7, 11) is -0.194. The first-order chi connectivity index (χ1) is 3.00. The Balaban J connectivity index is 0. The summed E-state index contributed by atoms with van der Waals surface area (Å²) in [6.45, 7) is 2.05. The van der Waals surface area contributed by atoms with Crippen LogP contribution in [0.25, 0.3) is 0 Å². The molecule has 5 heteroatoms. The van der Waals surface area contributed by atoms with Crippen LogP contribution >= 0.6 is 22.2 Å². The van der Waals surface area contributed by atoms with E-state index in [0.29, 0.717) is 0 Å². The largest absolute Gasteiger partial charge is 0.327 e. The lowest BCUT2D eigenvalue weighted by Crippen LogP contribution is -2.02.